The van der Waals surface area contributed by atoms with Crippen LogP contribution in [0.5, 0.6) is 5.88 Å². The third-order valence-corrected chi connectivity index (χ3v) is 3.21. The van der Waals surface area contributed by atoms with Gasteiger partial charge in [-0.25, -0.2) is 9.48 Å². The number of nitrogens with zero attached hydrogens (tertiary/aromatic N) is 2. The van der Waals surface area contributed by atoms with E-state index in [0.717, 1.165) is 11.3 Å². The standard InChI is InChI=1S/C16H20N2O3/c1-10-7-6-8-11(9-10)18-14(21-5)12(15(19)20)13(17-18)16(2,3)4/h6-9H,1-5H3,(H,19,20). The van der Waals surface area contributed by atoms with Crippen molar-refractivity contribution in [3.63, 3.8) is 0 Å². The van der Waals surface area contributed by atoms with E-state index in [1.807, 2.05) is 52.0 Å². The molecular weight excluding hydrogens is 268 g/mol. The van der Waals surface area contributed by atoms with Crippen LogP contribution in [-0.4, -0.2) is 28.0 Å². The minimum atomic E-state index is -1.03. The lowest BCUT2D eigenvalue weighted by molar-refractivity contribution is 0.0690. The molecule has 1 aromatic heterocycles. The molecule has 5 heteroatoms. The Labute approximate surface area is 124 Å². The normalized spacial score (nSPS) is 11.5. The van der Waals surface area contributed by atoms with E-state index < -0.39 is 11.4 Å². The van der Waals surface area contributed by atoms with Gasteiger partial charge in [0, 0.05) is 5.41 Å². The number of hydrogen-bond acceptors (Lipinski definition) is 3. The van der Waals surface area contributed by atoms with Gasteiger partial charge in [0.15, 0.2) is 0 Å². The van der Waals surface area contributed by atoms with Crippen LogP contribution in [0.1, 0.15) is 42.4 Å². The van der Waals surface area contributed by atoms with Gasteiger partial charge in [-0.3, -0.25) is 0 Å². The fraction of sp³-hybridized carbons (Fsp3) is 0.375. The fourth-order valence-corrected chi connectivity index (χ4v) is 2.24. The molecule has 0 radical (unpaired) electrons. The first-order valence-electron chi connectivity index (χ1n) is 6.73. The van der Waals surface area contributed by atoms with Crippen LogP contribution in [0.2, 0.25) is 0 Å². The molecule has 0 atom stereocenters. The Morgan fingerprint density at radius 1 is 1.33 bits per heavy atom. The predicted molar refractivity (Wildman–Crippen MR) is 80.5 cm³/mol. The Kier molecular flexibility index (Phi) is 3.77. The van der Waals surface area contributed by atoms with Crippen molar-refractivity contribution in [1.82, 2.24) is 9.78 Å². The molecule has 0 aliphatic rings. The van der Waals surface area contributed by atoms with Gasteiger partial charge in [-0.1, -0.05) is 32.9 Å². The summed E-state index contributed by atoms with van der Waals surface area (Å²) in [5, 5.41) is 14.0. The lowest BCUT2D eigenvalue weighted by atomic mass is 9.89. The largest absolute Gasteiger partial charge is 0.480 e. The molecule has 0 aliphatic carbocycles. The van der Waals surface area contributed by atoms with Gasteiger partial charge < -0.3 is 9.84 Å². The zero-order valence-electron chi connectivity index (χ0n) is 13.0. The fourth-order valence-electron chi connectivity index (χ4n) is 2.24. The maximum absolute atomic E-state index is 11.6. The number of rotatable bonds is 3. The van der Waals surface area contributed by atoms with Gasteiger partial charge >= 0.3 is 5.97 Å². The number of hydrogen-bond donors (Lipinski definition) is 1. The van der Waals surface area contributed by atoms with Gasteiger partial charge in [0.25, 0.3) is 0 Å². The Hall–Kier alpha value is -2.30. The predicted octanol–water partition coefficient (Wildman–Crippen LogP) is 3.19. The topological polar surface area (TPSA) is 64.3 Å². The van der Waals surface area contributed by atoms with E-state index in [4.69, 9.17) is 4.74 Å². The van der Waals surface area contributed by atoms with Crippen molar-refractivity contribution in [2.24, 2.45) is 0 Å². The summed E-state index contributed by atoms with van der Waals surface area (Å²) in [6.45, 7) is 7.77. The Balaban J connectivity index is 2.76. The van der Waals surface area contributed by atoms with E-state index >= 15 is 0 Å². The second kappa shape index (κ2) is 5.24. The average molecular weight is 288 g/mol. The molecule has 0 unspecified atom stereocenters. The first-order chi connectivity index (χ1) is 9.75. The molecule has 0 amide bonds. The maximum atomic E-state index is 11.6. The molecule has 0 bridgehead atoms. The smallest absolute Gasteiger partial charge is 0.343 e. The summed E-state index contributed by atoms with van der Waals surface area (Å²) in [6.07, 6.45) is 0. The molecule has 5 nitrogen and oxygen atoms in total. The molecule has 0 fully saturated rings. The molecular formula is C16H20N2O3. The van der Waals surface area contributed by atoms with Crippen LogP contribution in [-0.2, 0) is 5.41 Å². The SMILES string of the molecule is COc1c(C(=O)O)c(C(C)(C)C)nn1-c1cccc(C)c1. The van der Waals surface area contributed by atoms with Crippen LogP contribution in [0.3, 0.4) is 0 Å². The number of carbonyl (C=O) groups is 1. The van der Waals surface area contributed by atoms with Crippen LogP contribution in [0.4, 0.5) is 0 Å². The second-order valence-corrected chi connectivity index (χ2v) is 6.04. The molecule has 112 valence electrons. The minimum Gasteiger partial charge on any atom is -0.480 e. The van der Waals surface area contributed by atoms with E-state index in [0.29, 0.717) is 5.69 Å². The summed E-state index contributed by atoms with van der Waals surface area (Å²) >= 11 is 0. The zero-order chi connectivity index (χ0) is 15.8. The van der Waals surface area contributed by atoms with Crippen LogP contribution in [0, 0.1) is 6.92 Å². The van der Waals surface area contributed by atoms with Crippen LogP contribution in [0.15, 0.2) is 24.3 Å². The van der Waals surface area contributed by atoms with E-state index in [1.165, 1.54) is 7.11 Å². The van der Waals surface area contributed by atoms with Crippen molar-refractivity contribution in [3.05, 3.63) is 41.1 Å². The highest BCUT2D eigenvalue weighted by Gasteiger charge is 2.32. The molecule has 0 saturated carbocycles. The number of aromatic carboxylic acids is 1. The molecule has 0 aliphatic heterocycles. The molecule has 21 heavy (non-hydrogen) atoms. The Bertz CT molecular complexity index is 681. The number of methoxy groups -OCH3 is 1. The van der Waals surface area contributed by atoms with Crippen molar-refractivity contribution < 1.29 is 14.6 Å². The molecule has 1 heterocycles. The summed E-state index contributed by atoms with van der Waals surface area (Å²) in [7, 11) is 1.46. The summed E-state index contributed by atoms with van der Waals surface area (Å²) in [5.74, 6) is -0.784. The summed E-state index contributed by atoms with van der Waals surface area (Å²) in [5.41, 5.74) is 2.08. The van der Waals surface area contributed by atoms with Crippen molar-refractivity contribution in [3.8, 4) is 11.6 Å². The highest BCUT2D eigenvalue weighted by Crippen LogP contribution is 2.33. The van der Waals surface area contributed by atoms with Crippen molar-refractivity contribution in [2.75, 3.05) is 7.11 Å². The molecule has 0 spiro atoms. The first-order valence-corrected chi connectivity index (χ1v) is 6.73. The van der Waals surface area contributed by atoms with Gasteiger partial charge in [-0.2, -0.15) is 5.10 Å². The zero-order valence-corrected chi connectivity index (χ0v) is 13.0. The lowest BCUT2D eigenvalue weighted by Crippen LogP contribution is -2.16. The van der Waals surface area contributed by atoms with Gasteiger partial charge in [0.05, 0.1) is 18.5 Å². The number of carboxylic acid groups (broad SMARTS) is 1. The summed E-state index contributed by atoms with van der Waals surface area (Å²) in [6, 6.07) is 7.69. The molecule has 0 saturated heterocycles. The molecule has 2 aromatic rings. The lowest BCUT2D eigenvalue weighted by Gasteiger charge is -2.15. The summed E-state index contributed by atoms with van der Waals surface area (Å²) < 4.78 is 6.88. The third kappa shape index (κ3) is 2.77. The summed E-state index contributed by atoms with van der Waals surface area (Å²) in [4.78, 5) is 11.6. The van der Waals surface area contributed by atoms with E-state index in [2.05, 4.69) is 5.10 Å². The monoisotopic (exact) mass is 288 g/mol. The highest BCUT2D eigenvalue weighted by atomic mass is 16.5. The second-order valence-electron chi connectivity index (χ2n) is 6.04. The van der Waals surface area contributed by atoms with Crippen molar-refractivity contribution >= 4 is 5.97 Å². The van der Waals surface area contributed by atoms with Crippen LogP contribution in [0.25, 0.3) is 5.69 Å². The van der Waals surface area contributed by atoms with Crippen LogP contribution < -0.4 is 4.74 Å². The number of aryl methyl sites for hydroxylation is 1. The number of benzene rings is 1. The quantitative estimate of drug-likeness (QED) is 0.942. The van der Waals surface area contributed by atoms with E-state index in [9.17, 15) is 9.90 Å². The third-order valence-electron chi connectivity index (χ3n) is 3.21. The Morgan fingerprint density at radius 3 is 2.48 bits per heavy atom. The van der Waals surface area contributed by atoms with Crippen molar-refractivity contribution in [1.29, 1.82) is 0 Å². The minimum absolute atomic E-state index is 0.117. The van der Waals surface area contributed by atoms with E-state index in [1.54, 1.807) is 4.68 Å². The van der Waals surface area contributed by atoms with E-state index in [-0.39, 0.29) is 11.4 Å². The molecule has 1 N–H and O–H groups in total. The van der Waals surface area contributed by atoms with Crippen LogP contribution >= 0.6 is 0 Å². The molecule has 2 rings (SSSR count). The number of ether oxygens (including phenoxy) is 1. The Morgan fingerprint density at radius 2 is 2.00 bits per heavy atom. The maximum Gasteiger partial charge on any atom is 0.343 e. The highest BCUT2D eigenvalue weighted by molar-refractivity contribution is 5.92. The number of carboxylic acids is 1. The first kappa shape index (κ1) is 15.1. The average Bonchev–Trinajstić information content (AvgIpc) is 2.78. The van der Waals surface area contributed by atoms with Gasteiger partial charge in [-0.15, -0.1) is 0 Å². The van der Waals surface area contributed by atoms with Gasteiger partial charge in [0.1, 0.15) is 5.56 Å². The van der Waals surface area contributed by atoms with Crippen molar-refractivity contribution in [2.45, 2.75) is 33.1 Å². The number of aromatic nitrogens is 2. The molecule has 1 aromatic carbocycles. The van der Waals surface area contributed by atoms with Gasteiger partial charge in [0.2, 0.25) is 5.88 Å². The van der Waals surface area contributed by atoms with Gasteiger partial charge in [-0.05, 0) is 24.6 Å².